The van der Waals surface area contributed by atoms with Gasteiger partial charge in [-0.15, -0.1) is 0 Å². The average Bonchev–Trinajstić information content (AvgIpc) is 2.29. The highest BCUT2D eigenvalue weighted by atomic mass is 79.9. The number of nitriles is 1. The normalized spacial score (nSPS) is 10.1. The molecule has 0 spiro atoms. The Hall–Kier alpha value is -1.33. The van der Waals surface area contributed by atoms with Gasteiger partial charge in [-0.05, 0) is 28.8 Å². The van der Waals surface area contributed by atoms with E-state index in [-0.39, 0.29) is 0 Å². The highest BCUT2D eigenvalue weighted by Crippen LogP contribution is 2.27. The Labute approximate surface area is 97.5 Å². The number of fused-ring (bicyclic) bond motifs is 1. The third kappa shape index (κ3) is 2.03. The van der Waals surface area contributed by atoms with E-state index < -0.39 is 0 Å². The standard InChI is InChI=1S/C13H10BrN/c14-13-8-7-10(4-3-9-15)11-5-1-2-6-12(11)13/h1-2,5-8H,3-4H2. The van der Waals surface area contributed by atoms with Crippen molar-refractivity contribution in [3.8, 4) is 6.07 Å². The smallest absolute Gasteiger partial charge is 0.0625 e. The first-order chi connectivity index (χ1) is 7.33. The summed E-state index contributed by atoms with van der Waals surface area (Å²) in [5, 5.41) is 11.0. The molecule has 0 radical (unpaired) electrons. The summed E-state index contributed by atoms with van der Waals surface area (Å²) >= 11 is 3.53. The Kier molecular flexibility index (Phi) is 3.03. The van der Waals surface area contributed by atoms with Crippen LogP contribution in [0.4, 0.5) is 0 Å². The van der Waals surface area contributed by atoms with E-state index >= 15 is 0 Å². The van der Waals surface area contributed by atoms with Crippen molar-refractivity contribution < 1.29 is 0 Å². The monoisotopic (exact) mass is 259 g/mol. The van der Waals surface area contributed by atoms with Crippen molar-refractivity contribution >= 4 is 26.7 Å². The maximum Gasteiger partial charge on any atom is 0.0625 e. The Balaban J connectivity index is 2.57. The second-order valence-corrected chi connectivity index (χ2v) is 4.26. The molecule has 1 nitrogen and oxygen atoms in total. The van der Waals surface area contributed by atoms with Gasteiger partial charge < -0.3 is 0 Å². The van der Waals surface area contributed by atoms with Gasteiger partial charge in [0.25, 0.3) is 0 Å². The van der Waals surface area contributed by atoms with Gasteiger partial charge in [0.1, 0.15) is 0 Å². The molecule has 74 valence electrons. The Bertz CT molecular complexity index is 526. The Morgan fingerprint density at radius 1 is 1.07 bits per heavy atom. The van der Waals surface area contributed by atoms with E-state index in [2.05, 4.69) is 46.3 Å². The van der Waals surface area contributed by atoms with Crippen molar-refractivity contribution in [1.82, 2.24) is 0 Å². The molecule has 0 aromatic heterocycles. The molecule has 0 fully saturated rings. The lowest BCUT2D eigenvalue weighted by molar-refractivity contribution is 1.02. The molecule has 0 heterocycles. The van der Waals surface area contributed by atoms with Crippen molar-refractivity contribution in [3.05, 3.63) is 46.4 Å². The molecule has 2 aromatic carbocycles. The second-order valence-electron chi connectivity index (χ2n) is 3.41. The quantitative estimate of drug-likeness (QED) is 0.798. The van der Waals surface area contributed by atoms with Gasteiger partial charge in [-0.2, -0.15) is 5.26 Å². The Morgan fingerprint density at radius 3 is 2.53 bits per heavy atom. The van der Waals surface area contributed by atoms with Crippen LogP contribution >= 0.6 is 15.9 Å². The zero-order chi connectivity index (χ0) is 10.7. The van der Waals surface area contributed by atoms with Gasteiger partial charge in [-0.1, -0.05) is 46.3 Å². The number of hydrogen-bond donors (Lipinski definition) is 0. The summed E-state index contributed by atoms with van der Waals surface area (Å²) in [6.45, 7) is 0. The maximum absolute atomic E-state index is 8.59. The fourth-order valence-corrected chi connectivity index (χ4v) is 2.21. The molecule has 0 aliphatic rings. The fraction of sp³-hybridized carbons (Fsp3) is 0.154. The first kappa shape index (κ1) is 10.2. The molecule has 2 aromatic rings. The number of hydrogen-bond acceptors (Lipinski definition) is 1. The average molecular weight is 260 g/mol. The predicted molar refractivity (Wildman–Crippen MR) is 65.6 cm³/mol. The van der Waals surface area contributed by atoms with Gasteiger partial charge >= 0.3 is 0 Å². The van der Waals surface area contributed by atoms with Gasteiger partial charge in [-0.25, -0.2) is 0 Å². The van der Waals surface area contributed by atoms with Crippen LogP contribution in [0, 0.1) is 11.3 Å². The van der Waals surface area contributed by atoms with Crippen LogP contribution in [0.1, 0.15) is 12.0 Å². The van der Waals surface area contributed by atoms with Gasteiger partial charge in [-0.3, -0.25) is 0 Å². The molecule has 0 N–H and O–H groups in total. The molecule has 15 heavy (non-hydrogen) atoms. The number of benzene rings is 2. The van der Waals surface area contributed by atoms with Crippen LogP contribution in [0.3, 0.4) is 0 Å². The van der Waals surface area contributed by atoms with E-state index in [4.69, 9.17) is 5.26 Å². The second kappa shape index (κ2) is 4.46. The third-order valence-corrected chi connectivity index (χ3v) is 3.16. The summed E-state index contributed by atoms with van der Waals surface area (Å²) in [6.07, 6.45) is 1.40. The predicted octanol–water partition coefficient (Wildman–Crippen LogP) is 4.06. The minimum atomic E-state index is 0.575. The minimum Gasteiger partial charge on any atom is -0.198 e. The molecule has 0 atom stereocenters. The molecule has 2 heteroatoms. The van der Waals surface area contributed by atoms with Crippen molar-refractivity contribution in [1.29, 1.82) is 5.26 Å². The maximum atomic E-state index is 8.59. The molecular formula is C13H10BrN. The Morgan fingerprint density at radius 2 is 1.80 bits per heavy atom. The summed E-state index contributed by atoms with van der Waals surface area (Å²) in [5.41, 5.74) is 1.25. The fourth-order valence-electron chi connectivity index (χ4n) is 1.73. The number of nitrogens with zero attached hydrogens (tertiary/aromatic N) is 1. The van der Waals surface area contributed by atoms with Crippen LogP contribution in [0.2, 0.25) is 0 Å². The van der Waals surface area contributed by atoms with Gasteiger partial charge in [0.2, 0.25) is 0 Å². The van der Waals surface area contributed by atoms with E-state index in [9.17, 15) is 0 Å². The summed E-state index contributed by atoms with van der Waals surface area (Å²) in [5.74, 6) is 0. The van der Waals surface area contributed by atoms with Crippen molar-refractivity contribution in [2.24, 2.45) is 0 Å². The molecular weight excluding hydrogens is 250 g/mol. The summed E-state index contributed by atoms with van der Waals surface area (Å²) in [6, 6.07) is 14.6. The van der Waals surface area contributed by atoms with Crippen LogP contribution in [0.15, 0.2) is 40.9 Å². The first-order valence-electron chi connectivity index (χ1n) is 4.86. The zero-order valence-corrected chi connectivity index (χ0v) is 9.79. The SMILES string of the molecule is N#CCCc1ccc(Br)c2ccccc12. The van der Waals surface area contributed by atoms with Crippen LogP contribution < -0.4 is 0 Å². The third-order valence-electron chi connectivity index (χ3n) is 2.47. The molecule has 0 saturated heterocycles. The number of halogens is 1. The van der Waals surface area contributed by atoms with Crippen molar-refractivity contribution in [3.63, 3.8) is 0 Å². The van der Waals surface area contributed by atoms with E-state index in [0.29, 0.717) is 6.42 Å². The van der Waals surface area contributed by atoms with Crippen LogP contribution in [0.5, 0.6) is 0 Å². The molecule has 0 aliphatic carbocycles. The summed E-state index contributed by atoms with van der Waals surface area (Å²) in [4.78, 5) is 0. The number of aryl methyl sites for hydroxylation is 1. The van der Waals surface area contributed by atoms with Crippen LogP contribution in [0.25, 0.3) is 10.8 Å². The van der Waals surface area contributed by atoms with Crippen LogP contribution in [-0.2, 0) is 6.42 Å². The summed E-state index contributed by atoms with van der Waals surface area (Å²) < 4.78 is 1.11. The largest absolute Gasteiger partial charge is 0.198 e. The summed E-state index contributed by atoms with van der Waals surface area (Å²) in [7, 11) is 0. The van der Waals surface area contributed by atoms with Gasteiger partial charge in [0, 0.05) is 10.9 Å². The van der Waals surface area contributed by atoms with Crippen molar-refractivity contribution in [2.45, 2.75) is 12.8 Å². The lowest BCUT2D eigenvalue weighted by Crippen LogP contribution is -1.86. The number of rotatable bonds is 2. The molecule has 0 unspecified atom stereocenters. The molecule has 0 bridgehead atoms. The van der Waals surface area contributed by atoms with E-state index in [1.165, 1.54) is 16.3 Å². The topological polar surface area (TPSA) is 23.8 Å². The lowest BCUT2D eigenvalue weighted by Gasteiger charge is -2.06. The molecule has 2 rings (SSSR count). The zero-order valence-electron chi connectivity index (χ0n) is 8.20. The molecule has 0 aliphatic heterocycles. The van der Waals surface area contributed by atoms with E-state index in [0.717, 1.165) is 10.9 Å². The van der Waals surface area contributed by atoms with E-state index in [1.807, 2.05) is 12.1 Å². The first-order valence-corrected chi connectivity index (χ1v) is 5.65. The van der Waals surface area contributed by atoms with Gasteiger partial charge in [0.15, 0.2) is 0 Å². The molecule has 0 amide bonds. The lowest BCUT2D eigenvalue weighted by atomic mass is 10.0. The van der Waals surface area contributed by atoms with Crippen LogP contribution in [-0.4, -0.2) is 0 Å². The van der Waals surface area contributed by atoms with Crippen molar-refractivity contribution in [2.75, 3.05) is 0 Å². The highest BCUT2D eigenvalue weighted by molar-refractivity contribution is 9.10. The highest BCUT2D eigenvalue weighted by Gasteiger charge is 2.02. The van der Waals surface area contributed by atoms with Gasteiger partial charge in [0.05, 0.1) is 6.07 Å². The minimum absolute atomic E-state index is 0.575. The molecule has 0 saturated carbocycles. The van der Waals surface area contributed by atoms with E-state index in [1.54, 1.807) is 0 Å².